The molecule has 5 heteroatoms. The summed E-state index contributed by atoms with van der Waals surface area (Å²) >= 11 is 0. The van der Waals surface area contributed by atoms with Crippen LogP contribution >= 0.6 is 0 Å². The van der Waals surface area contributed by atoms with Crippen molar-refractivity contribution in [1.29, 1.82) is 0 Å². The molecule has 1 aromatic rings. The van der Waals surface area contributed by atoms with Gasteiger partial charge in [-0.1, -0.05) is 0 Å². The molecule has 1 heterocycles. The lowest BCUT2D eigenvalue weighted by molar-refractivity contribution is -0.105. The Hall–Kier alpha value is -1.36. The Bertz CT molecular complexity index is 256. The van der Waals surface area contributed by atoms with Crippen LogP contribution in [0.15, 0.2) is 6.20 Å². The standard InChI is InChI=1S/C7H12N4O/c1-11(2)4-7-8-3-6(10-7)9-5-12/h3,5H,4H2,1-2H3,(H,8,10)(H,9,12). The second-order valence-electron chi connectivity index (χ2n) is 2.74. The first-order chi connectivity index (χ1) is 5.72. The number of carbonyl (C=O) groups excluding carboxylic acids is 1. The summed E-state index contributed by atoms with van der Waals surface area (Å²) in [6.07, 6.45) is 2.21. The predicted octanol–water partition coefficient (Wildman–Crippen LogP) is 0.0396. The fraction of sp³-hybridized carbons (Fsp3) is 0.429. The van der Waals surface area contributed by atoms with E-state index in [0.717, 1.165) is 12.4 Å². The summed E-state index contributed by atoms with van der Waals surface area (Å²) in [5, 5.41) is 2.48. The Morgan fingerprint density at radius 1 is 1.75 bits per heavy atom. The van der Waals surface area contributed by atoms with Gasteiger partial charge in [-0.2, -0.15) is 0 Å². The van der Waals surface area contributed by atoms with Crippen molar-refractivity contribution < 1.29 is 4.79 Å². The Balaban J connectivity index is 2.57. The molecule has 0 radical (unpaired) electrons. The van der Waals surface area contributed by atoms with E-state index in [2.05, 4.69) is 15.3 Å². The van der Waals surface area contributed by atoms with Gasteiger partial charge in [-0.25, -0.2) is 4.98 Å². The molecule has 0 unspecified atom stereocenters. The summed E-state index contributed by atoms with van der Waals surface area (Å²) in [4.78, 5) is 19.0. The highest BCUT2D eigenvalue weighted by Gasteiger charge is 1.99. The lowest BCUT2D eigenvalue weighted by Crippen LogP contribution is -2.11. The molecule has 0 bridgehead atoms. The fourth-order valence-electron chi connectivity index (χ4n) is 0.879. The maximum Gasteiger partial charge on any atom is 0.212 e. The number of imidazole rings is 1. The molecule has 0 aliphatic carbocycles. The molecule has 66 valence electrons. The molecule has 0 saturated carbocycles. The molecule has 5 nitrogen and oxygen atoms in total. The van der Waals surface area contributed by atoms with E-state index in [1.807, 2.05) is 19.0 Å². The van der Waals surface area contributed by atoms with E-state index in [-0.39, 0.29) is 0 Å². The summed E-state index contributed by atoms with van der Waals surface area (Å²) in [7, 11) is 3.91. The number of aromatic nitrogens is 2. The summed E-state index contributed by atoms with van der Waals surface area (Å²) in [5.41, 5.74) is 0. The third-order valence-corrected chi connectivity index (χ3v) is 1.31. The molecule has 1 amide bonds. The minimum atomic E-state index is 0.618. The van der Waals surface area contributed by atoms with Crippen LogP contribution in [-0.2, 0) is 11.3 Å². The first-order valence-corrected chi connectivity index (χ1v) is 3.61. The lowest BCUT2D eigenvalue weighted by Gasteiger charge is -2.05. The number of anilines is 1. The number of hydrogen-bond acceptors (Lipinski definition) is 3. The topological polar surface area (TPSA) is 61.0 Å². The highest BCUT2D eigenvalue weighted by atomic mass is 16.1. The van der Waals surface area contributed by atoms with Gasteiger partial charge < -0.3 is 15.2 Å². The van der Waals surface area contributed by atoms with Gasteiger partial charge in [-0.15, -0.1) is 0 Å². The van der Waals surface area contributed by atoms with Crippen LogP contribution in [0.4, 0.5) is 5.82 Å². The molecule has 0 atom stereocenters. The highest BCUT2D eigenvalue weighted by Crippen LogP contribution is 2.02. The SMILES string of the molecule is CN(C)Cc1ncc(NC=O)[nH]1. The number of nitrogens with one attached hydrogen (secondary N) is 2. The Kier molecular flexibility index (Phi) is 2.82. The molecule has 0 aromatic carbocycles. The highest BCUT2D eigenvalue weighted by molar-refractivity contribution is 5.68. The second-order valence-corrected chi connectivity index (χ2v) is 2.74. The molecule has 2 N–H and O–H groups in total. The number of carbonyl (C=O) groups is 1. The second kappa shape index (κ2) is 3.87. The van der Waals surface area contributed by atoms with Gasteiger partial charge in [-0.3, -0.25) is 4.79 Å². The van der Waals surface area contributed by atoms with Crippen LogP contribution in [0, 0.1) is 0 Å². The average Bonchev–Trinajstić information content (AvgIpc) is 2.36. The molecule has 0 spiro atoms. The summed E-state index contributed by atoms with van der Waals surface area (Å²) < 4.78 is 0. The minimum Gasteiger partial charge on any atom is -0.328 e. The fourth-order valence-corrected chi connectivity index (χ4v) is 0.879. The van der Waals surface area contributed by atoms with Gasteiger partial charge in [0.25, 0.3) is 0 Å². The quantitative estimate of drug-likeness (QED) is 0.624. The Labute approximate surface area is 70.8 Å². The van der Waals surface area contributed by atoms with Crippen molar-refractivity contribution in [2.45, 2.75) is 6.54 Å². The van der Waals surface area contributed by atoms with Gasteiger partial charge in [-0.05, 0) is 14.1 Å². The number of rotatable bonds is 4. The van der Waals surface area contributed by atoms with E-state index in [1.54, 1.807) is 6.20 Å². The molecule has 1 aromatic heterocycles. The molecule has 0 aliphatic heterocycles. The third-order valence-electron chi connectivity index (χ3n) is 1.31. The zero-order valence-corrected chi connectivity index (χ0v) is 7.16. The predicted molar refractivity (Wildman–Crippen MR) is 45.7 cm³/mol. The van der Waals surface area contributed by atoms with Crippen LogP contribution < -0.4 is 5.32 Å². The smallest absolute Gasteiger partial charge is 0.212 e. The van der Waals surface area contributed by atoms with Crippen molar-refractivity contribution >= 4 is 12.2 Å². The number of nitrogens with zero attached hydrogens (tertiary/aromatic N) is 2. The van der Waals surface area contributed by atoms with E-state index in [4.69, 9.17) is 0 Å². The van der Waals surface area contributed by atoms with Crippen LogP contribution in [0.3, 0.4) is 0 Å². The summed E-state index contributed by atoms with van der Waals surface area (Å²) in [5.74, 6) is 1.46. The van der Waals surface area contributed by atoms with E-state index in [1.165, 1.54) is 0 Å². The van der Waals surface area contributed by atoms with E-state index < -0.39 is 0 Å². The Morgan fingerprint density at radius 2 is 2.50 bits per heavy atom. The van der Waals surface area contributed by atoms with Gasteiger partial charge in [0.2, 0.25) is 6.41 Å². The van der Waals surface area contributed by atoms with Crippen LogP contribution in [0.2, 0.25) is 0 Å². The number of amides is 1. The van der Waals surface area contributed by atoms with Gasteiger partial charge in [0, 0.05) is 0 Å². The average molecular weight is 168 g/mol. The van der Waals surface area contributed by atoms with Gasteiger partial charge in [0.05, 0.1) is 12.7 Å². The van der Waals surface area contributed by atoms with Crippen molar-refractivity contribution in [2.75, 3.05) is 19.4 Å². The number of hydrogen-bond donors (Lipinski definition) is 2. The molecule has 0 fully saturated rings. The maximum absolute atomic E-state index is 10.0. The van der Waals surface area contributed by atoms with Crippen molar-refractivity contribution in [3.63, 3.8) is 0 Å². The third kappa shape index (κ3) is 2.35. The first-order valence-electron chi connectivity index (χ1n) is 3.61. The summed E-state index contributed by atoms with van der Waals surface area (Å²) in [6.45, 7) is 0.737. The Morgan fingerprint density at radius 3 is 3.08 bits per heavy atom. The maximum atomic E-state index is 10.0. The molecule has 1 rings (SSSR count). The number of H-pyrrole nitrogens is 1. The van der Waals surface area contributed by atoms with E-state index in [0.29, 0.717) is 12.2 Å². The minimum absolute atomic E-state index is 0.618. The number of aromatic amines is 1. The molecular weight excluding hydrogens is 156 g/mol. The zero-order chi connectivity index (χ0) is 8.97. The van der Waals surface area contributed by atoms with Crippen molar-refractivity contribution in [3.05, 3.63) is 12.0 Å². The van der Waals surface area contributed by atoms with Crippen LogP contribution in [0.5, 0.6) is 0 Å². The van der Waals surface area contributed by atoms with Crippen molar-refractivity contribution in [1.82, 2.24) is 14.9 Å². The molecule has 0 saturated heterocycles. The molecule has 12 heavy (non-hydrogen) atoms. The van der Waals surface area contributed by atoms with Crippen molar-refractivity contribution in [2.24, 2.45) is 0 Å². The first kappa shape index (κ1) is 8.73. The van der Waals surface area contributed by atoms with E-state index >= 15 is 0 Å². The van der Waals surface area contributed by atoms with Crippen LogP contribution in [0.25, 0.3) is 0 Å². The molecular formula is C7H12N4O. The lowest BCUT2D eigenvalue weighted by atomic mass is 10.6. The van der Waals surface area contributed by atoms with Crippen molar-refractivity contribution in [3.8, 4) is 0 Å². The van der Waals surface area contributed by atoms with Gasteiger partial charge >= 0.3 is 0 Å². The monoisotopic (exact) mass is 168 g/mol. The van der Waals surface area contributed by atoms with Gasteiger partial charge in [0.1, 0.15) is 11.6 Å². The largest absolute Gasteiger partial charge is 0.328 e. The van der Waals surface area contributed by atoms with E-state index in [9.17, 15) is 4.79 Å². The molecule has 0 aliphatic rings. The zero-order valence-electron chi connectivity index (χ0n) is 7.16. The van der Waals surface area contributed by atoms with Gasteiger partial charge in [0.15, 0.2) is 0 Å². The normalized spacial score (nSPS) is 10.2. The van der Waals surface area contributed by atoms with Crippen LogP contribution in [-0.4, -0.2) is 35.4 Å². The van der Waals surface area contributed by atoms with Crippen LogP contribution in [0.1, 0.15) is 5.82 Å². The summed E-state index contributed by atoms with van der Waals surface area (Å²) in [6, 6.07) is 0.